The third-order valence-corrected chi connectivity index (χ3v) is 4.61. The zero-order chi connectivity index (χ0) is 15.0. The molecule has 1 aliphatic rings. The van der Waals surface area contributed by atoms with Crippen molar-refractivity contribution in [2.24, 2.45) is 0 Å². The van der Waals surface area contributed by atoms with Crippen molar-refractivity contribution in [2.75, 3.05) is 13.2 Å². The summed E-state index contributed by atoms with van der Waals surface area (Å²) in [5, 5.41) is 12.4. The Bertz CT molecular complexity index is 274. The molecular weight excluding hydrogens is 252 g/mol. The third-order valence-electron chi connectivity index (χ3n) is 4.61. The standard InChI is InChI=1S/C16H32N2O2/c1-4-14(5-2)17-16(20)13(3)18(11-12-19)15-9-7-6-8-10-15/h13-15,19H,4-12H2,1-3H3,(H,17,20). The minimum atomic E-state index is -0.147. The monoisotopic (exact) mass is 284 g/mol. The summed E-state index contributed by atoms with van der Waals surface area (Å²) >= 11 is 0. The van der Waals surface area contributed by atoms with Gasteiger partial charge < -0.3 is 10.4 Å². The zero-order valence-corrected chi connectivity index (χ0v) is 13.4. The summed E-state index contributed by atoms with van der Waals surface area (Å²) in [6, 6.07) is 0.580. The number of carbonyl (C=O) groups excluding carboxylic acids is 1. The highest BCUT2D eigenvalue weighted by Gasteiger charge is 2.29. The first-order valence-corrected chi connectivity index (χ1v) is 8.30. The minimum Gasteiger partial charge on any atom is -0.395 e. The van der Waals surface area contributed by atoms with Crippen LogP contribution in [-0.4, -0.2) is 47.2 Å². The van der Waals surface area contributed by atoms with Crippen molar-refractivity contribution in [3.8, 4) is 0 Å². The van der Waals surface area contributed by atoms with Gasteiger partial charge in [0.1, 0.15) is 0 Å². The summed E-state index contributed by atoms with van der Waals surface area (Å²) in [4.78, 5) is 14.6. The van der Waals surface area contributed by atoms with Gasteiger partial charge in [0.2, 0.25) is 5.91 Å². The second kappa shape index (κ2) is 9.35. The molecule has 1 saturated carbocycles. The van der Waals surface area contributed by atoms with E-state index in [1.807, 2.05) is 6.92 Å². The lowest BCUT2D eigenvalue weighted by atomic mass is 9.93. The Kier molecular flexibility index (Phi) is 8.15. The Morgan fingerprint density at radius 2 is 1.85 bits per heavy atom. The van der Waals surface area contributed by atoms with Crippen LogP contribution in [0.4, 0.5) is 0 Å². The first-order chi connectivity index (χ1) is 9.63. The van der Waals surface area contributed by atoms with Crippen LogP contribution in [0.5, 0.6) is 0 Å². The van der Waals surface area contributed by atoms with Crippen LogP contribution in [0, 0.1) is 0 Å². The fraction of sp³-hybridized carbons (Fsp3) is 0.938. The number of amides is 1. The topological polar surface area (TPSA) is 52.6 Å². The predicted octanol–water partition coefficient (Wildman–Crippen LogP) is 2.31. The maximum Gasteiger partial charge on any atom is 0.237 e. The second-order valence-electron chi connectivity index (χ2n) is 5.95. The summed E-state index contributed by atoms with van der Waals surface area (Å²) < 4.78 is 0. The average molecular weight is 284 g/mol. The van der Waals surface area contributed by atoms with Crippen LogP contribution in [0.1, 0.15) is 65.7 Å². The van der Waals surface area contributed by atoms with Crippen molar-refractivity contribution in [1.82, 2.24) is 10.2 Å². The van der Waals surface area contributed by atoms with E-state index >= 15 is 0 Å². The normalized spacial score (nSPS) is 18.5. The van der Waals surface area contributed by atoms with Gasteiger partial charge in [-0.1, -0.05) is 33.1 Å². The van der Waals surface area contributed by atoms with Crippen LogP contribution in [0.15, 0.2) is 0 Å². The van der Waals surface area contributed by atoms with Gasteiger partial charge in [-0.25, -0.2) is 0 Å². The van der Waals surface area contributed by atoms with Crippen LogP contribution in [0.3, 0.4) is 0 Å². The molecule has 1 atom stereocenters. The van der Waals surface area contributed by atoms with Gasteiger partial charge in [-0.2, -0.15) is 0 Å². The second-order valence-corrected chi connectivity index (χ2v) is 5.95. The molecule has 1 rings (SSSR count). The highest BCUT2D eigenvalue weighted by Crippen LogP contribution is 2.24. The molecule has 2 N–H and O–H groups in total. The third kappa shape index (κ3) is 5.06. The van der Waals surface area contributed by atoms with E-state index in [0.29, 0.717) is 12.6 Å². The van der Waals surface area contributed by atoms with Crippen molar-refractivity contribution in [3.05, 3.63) is 0 Å². The highest BCUT2D eigenvalue weighted by molar-refractivity contribution is 5.81. The molecule has 0 bridgehead atoms. The molecule has 1 amide bonds. The van der Waals surface area contributed by atoms with Gasteiger partial charge in [-0.05, 0) is 32.6 Å². The van der Waals surface area contributed by atoms with E-state index in [9.17, 15) is 9.90 Å². The lowest BCUT2D eigenvalue weighted by molar-refractivity contribution is -0.128. The molecule has 4 nitrogen and oxygen atoms in total. The molecule has 0 aromatic rings. The smallest absolute Gasteiger partial charge is 0.237 e. The lowest BCUT2D eigenvalue weighted by Gasteiger charge is -2.38. The summed E-state index contributed by atoms with van der Waals surface area (Å²) in [6.45, 7) is 6.90. The van der Waals surface area contributed by atoms with Gasteiger partial charge in [-0.3, -0.25) is 9.69 Å². The van der Waals surface area contributed by atoms with E-state index in [-0.39, 0.29) is 24.6 Å². The fourth-order valence-electron chi connectivity index (χ4n) is 3.19. The van der Waals surface area contributed by atoms with Crippen LogP contribution in [0.2, 0.25) is 0 Å². The van der Waals surface area contributed by atoms with Gasteiger partial charge in [0.05, 0.1) is 12.6 Å². The van der Waals surface area contributed by atoms with E-state index < -0.39 is 0 Å². The Hall–Kier alpha value is -0.610. The Morgan fingerprint density at radius 3 is 2.35 bits per heavy atom. The number of rotatable bonds is 8. The van der Waals surface area contributed by atoms with Gasteiger partial charge in [-0.15, -0.1) is 0 Å². The number of nitrogens with one attached hydrogen (secondary N) is 1. The van der Waals surface area contributed by atoms with Crippen molar-refractivity contribution < 1.29 is 9.90 Å². The molecule has 0 radical (unpaired) electrons. The van der Waals surface area contributed by atoms with Gasteiger partial charge in [0.15, 0.2) is 0 Å². The first kappa shape index (κ1) is 17.4. The van der Waals surface area contributed by atoms with E-state index in [1.165, 1.54) is 19.3 Å². The largest absolute Gasteiger partial charge is 0.395 e. The number of hydrogen-bond acceptors (Lipinski definition) is 3. The molecule has 0 saturated heterocycles. The van der Waals surface area contributed by atoms with Crippen molar-refractivity contribution >= 4 is 5.91 Å². The van der Waals surface area contributed by atoms with Crippen LogP contribution in [0.25, 0.3) is 0 Å². The van der Waals surface area contributed by atoms with Gasteiger partial charge >= 0.3 is 0 Å². The first-order valence-electron chi connectivity index (χ1n) is 8.30. The predicted molar refractivity (Wildman–Crippen MR) is 82.6 cm³/mol. The molecule has 1 aliphatic carbocycles. The maximum atomic E-state index is 12.4. The molecule has 20 heavy (non-hydrogen) atoms. The fourth-order valence-corrected chi connectivity index (χ4v) is 3.19. The van der Waals surface area contributed by atoms with Crippen molar-refractivity contribution in [2.45, 2.75) is 83.8 Å². The van der Waals surface area contributed by atoms with Crippen molar-refractivity contribution in [1.29, 1.82) is 0 Å². The summed E-state index contributed by atoms with van der Waals surface area (Å²) in [5.41, 5.74) is 0. The minimum absolute atomic E-state index is 0.109. The maximum absolute atomic E-state index is 12.4. The molecule has 4 heteroatoms. The number of aliphatic hydroxyl groups excluding tert-OH is 1. The molecule has 0 aliphatic heterocycles. The van der Waals surface area contributed by atoms with E-state index in [1.54, 1.807) is 0 Å². The molecular formula is C16H32N2O2. The molecule has 1 unspecified atom stereocenters. The van der Waals surface area contributed by atoms with Crippen LogP contribution < -0.4 is 5.32 Å². The lowest BCUT2D eigenvalue weighted by Crippen LogP contribution is -2.52. The Labute approximate surface area is 123 Å². The van der Waals surface area contributed by atoms with E-state index in [2.05, 4.69) is 24.1 Å². The Balaban J connectivity index is 2.61. The molecule has 0 spiro atoms. The molecule has 0 heterocycles. The number of nitrogens with zero attached hydrogens (tertiary/aromatic N) is 1. The quantitative estimate of drug-likeness (QED) is 0.719. The Morgan fingerprint density at radius 1 is 1.25 bits per heavy atom. The zero-order valence-electron chi connectivity index (χ0n) is 13.4. The number of aliphatic hydroxyl groups is 1. The van der Waals surface area contributed by atoms with E-state index in [4.69, 9.17) is 0 Å². The molecule has 0 aromatic heterocycles. The van der Waals surface area contributed by atoms with E-state index in [0.717, 1.165) is 25.7 Å². The average Bonchev–Trinajstić information content (AvgIpc) is 2.50. The molecule has 118 valence electrons. The van der Waals surface area contributed by atoms with Crippen LogP contribution in [-0.2, 0) is 4.79 Å². The summed E-state index contributed by atoms with van der Waals surface area (Å²) in [5.74, 6) is 0.109. The summed E-state index contributed by atoms with van der Waals surface area (Å²) in [7, 11) is 0. The molecule has 0 aromatic carbocycles. The van der Waals surface area contributed by atoms with Gasteiger partial charge in [0, 0.05) is 18.6 Å². The van der Waals surface area contributed by atoms with Crippen molar-refractivity contribution in [3.63, 3.8) is 0 Å². The molecule has 1 fully saturated rings. The van der Waals surface area contributed by atoms with Crippen LogP contribution >= 0.6 is 0 Å². The highest BCUT2D eigenvalue weighted by atomic mass is 16.3. The number of hydrogen-bond donors (Lipinski definition) is 2. The number of carbonyl (C=O) groups is 1. The summed E-state index contributed by atoms with van der Waals surface area (Å²) in [6.07, 6.45) is 8.04. The van der Waals surface area contributed by atoms with Gasteiger partial charge in [0.25, 0.3) is 0 Å². The SMILES string of the molecule is CCC(CC)NC(=O)C(C)N(CCO)C1CCCCC1.